The van der Waals surface area contributed by atoms with Crippen LogP contribution in [0.3, 0.4) is 0 Å². The number of nitrogens with one attached hydrogen (secondary N) is 3. The molecule has 0 spiro atoms. The van der Waals surface area contributed by atoms with Gasteiger partial charge in [0, 0.05) is 5.56 Å². The summed E-state index contributed by atoms with van der Waals surface area (Å²) in [6.07, 6.45) is 0.641. The minimum Gasteiger partial charge on any atom is -0.463 e. The van der Waals surface area contributed by atoms with Crippen LogP contribution in [0.2, 0.25) is 0 Å². The summed E-state index contributed by atoms with van der Waals surface area (Å²) in [4.78, 5) is 25.5. The molecule has 1 unspecified atom stereocenters. The topological polar surface area (TPSA) is 71.9 Å². The molecule has 2 rings (SSSR count). The lowest BCUT2D eigenvalue weighted by Crippen LogP contribution is -3.08. The van der Waals surface area contributed by atoms with E-state index in [0.717, 1.165) is 6.54 Å². The fourth-order valence-corrected chi connectivity index (χ4v) is 3.02. The summed E-state index contributed by atoms with van der Waals surface area (Å²) in [6, 6.07) is 7.81. The molecule has 1 aromatic carbocycles. The van der Waals surface area contributed by atoms with E-state index >= 15 is 0 Å². The van der Waals surface area contributed by atoms with Gasteiger partial charge in [0.25, 0.3) is 0 Å². The van der Waals surface area contributed by atoms with Crippen molar-refractivity contribution in [2.45, 2.75) is 39.8 Å². The van der Waals surface area contributed by atoms with Gasteiger partial charge in [-0.1, -0.05) is 36.8 Å². The molecule has 0 saturated carbocycles. The number of ether oxygens (including phenoxy) is 1. The fraction of sp³-hybridized carbons (Fsp3) is 0.474. The number of rotatable bonds is 7. The van der Waals surface area contributed by atoms with Gasteiger partial charge in [0.15, 0.2) is 0 Å². The van der Waals surface area contributed by atoms with E-state index in [9.17, 15) is 9.59 Å². The molecule has 2 atom stereocenters. The summed E-state index contributed by atoms with van der Waals surface area (Å²) < 4.78 is 5.19. The van der Waals surface area contributed by atoms with Gasteiger partial charge in [-0.25, -0.2) is 9.59 Å². The van der Waals surface area contributed by atoms with E-state index in [-0.39, 0.29) is 18.0 Å². The Morgan fingerprint density at radius 2 is 1.88 bits per heavy atom. The SMILES string of the molecule is CCOC(=O)C1=C(C[NH+](C)Cc2ccc(C)cc2)NC(=O)N[C@@H]1CC. The van der Waals surface area contributed by atoms with E-state index in [1.54, 1.807) is 6.92 Å². The van der Waals surface area contributed by atoms with Crippen molar-refractivity contribution in [3.63, 3.8) is 0 Å². The Labute approximate surface area is 149 Å². The Morgan fingerprint density at radius 1 is 1.20 bits per heavy atom. The highest BCUT2D eigenvalue weighted by Gasteiger charge is 2.32. The van der Waals surface area contributed by atoms with E-state index in [2.05, 4.69) is 41.8 Å². The largest absolute Gasteiger partial charge is 0.463 e. The molecule has 6 heteroatoms. The molecule has 136 valence electrons. The summed E-state index contributed by atoms with van der Waals surface area (Å²) in [7, 11) is 2.05. The zero-order valence-electron chi connectivity index (χ0n) is 15.4. The molecule has 0 aromatic heterocycles. The van der Waals surface area contributed by atoms with Crippen molar-refractivity contribution in [2.75, 3.05) is 20.2 Å². The smallest absolute Gasteiger partial charge is 0.338 e. The van der Waals surface area contributed by atoms with Gasteiger partial charge in [0.2, 0.25) is 0 Å². The first-order valence-corrected chi connectivity index (χ1v) is 8.79. The third-order valence-corrected chi connectivity index (χ3v) is 4.25. The molecule has 1 aliphatic rings. The number of quaternary nitrogens is 1. The Morgan fingerprint density at radius 3 is 2.48 bits per heavy atom. The number of esters is 1. The van der Waals surface area contributed by atoms with Crippen LogP contribution >= 0.6 is 0 Å². The average molecular weight is 346 g/mol. The average Bonchev–Trinajstić information content (AvgIpc) is 2.56. The summed E-state index contributed by atoms with van der Waals surface area (Å²) in [6.45, 7) is 7.45. The maximum absolute atomic E-state index is 12.4. The second-order valence-electron chi connectivity index (χ2n) is 6.47. The monoisotopic (exact) mass is 346 g/mol. The number of urea groups is 1. The molecule has 1 aliphatic heterocycles. The summed E-state index contributed by atoms with van der Waals surface area (Å²) >= 11 is 0. The third kappa shape index (κ3) is 5.06. The first kappa shape index (κ1) is 19.0. The predicted molar refractivity (Wildman–Crippen MR) is 96.0 cm³/mol. The van der Waals surface area contributed by atoms with Crippen LogP contribution in [0.15, 0.2) is 35.5 Å². The molecule has 2 amide bonds. The molecular weight excluding hydrogens is 318 g/mol. The van der Waals surface area contributed by atoms with Crippen molar-refractivity contribution in [1.29, 1.82) is 0 Å². The van der Waals surface area contributed by atoms with Gasteiger partial charge in [-0.15, -0.1) is 0 Å². The van der Waals surface area contributed by atoms with Crippen LogP contribution in [-0.2, 0) is 16.1 Å². The first-order valence-electron chi connectivity index (χ1n) is 8.79. The second-order valence-corrected chi connectivity index (χ2v) is 6.47. The standard InChI is InChI=1S/C19H27N3O3/c1-5-15-17(18(23)25-6-2)16(21-19(24)20-15)12-22(4)11-14-9-7-13(3)8-10-14/h7-10,15H,5-6,11-12H2,1-4H3,(H2,20,21,24)/p+1/t15-/m1/s1. The lowest BCUT2D eigenvalue weighted by molar-refractivity contribution is -0.889. The minimum atomic E-state index is -0.361. The lowest BCUT2D eigenvalue weighted by atomic mass is 10.00. The Kier molecular flexibility index (Phi) is 6.58. The van der Waals surface area contributed by atoms with Crippen LogP contribution < -0.4 is 15.5 Å². The molecule has 0 aliphatic carbocycles. The Bertz CT molecular complexity index is 652. The van der Waals surface area contributed by atoms with Crippen molar-refractivity contribution in [3.8, 4) is 0 Å². The maximum atomic E-state index is 12.4. The number of aryl methyl sites for hydroxylation is 1. The number of hydrogen-bond donors (Lipinski definition) is 3. The van der Waals surface area contributed by atoms with Gasteiger partial charge in [-0.2, -0.15) is 0 Å². The van der Waals surface area contributed by atoms with Crippen LogP contribution in [-0.4, -0.2) is 38.2 Å². The number of amides is 2. The van der Waals surface area contributed by atoms with Gasteiger partial charge in [0.1, 0.15) is 13.1 Å². The zero-order valence-corrected chi connectivity index (χ0v) is 15.4. The molecule has 25 heavy (non-hydrogen) atoms. The first-order chi connectivity index (χ1) is 11.9. The minimum absolute atomic E-state index is 0.266. The van der Waals surface area contributed by atoms with Gasteiger partial charge in [-0.3, -0.25) is 0 Å². The van der Waals surface area contributed by atoms with E-state index in [1.165, 1.54) is 16.0 Å². The van der Waals surface area contributed by atoms with Gasteiger partial charge < -0.3 is 20.3 Å². The number of hydrogen-bond acceptors (Lipinski definition) is 3. The highest BCUT2D eigenvalue weighted by Crippen LogP contribution is 2.16. The number of benzene rings is 1. The van der Waals surface area contributed by atoms with Crippen molar-refractivity contribution in [2.24, 2.45) is 0 Å². The summed E-state index contributed by atoms with van der Waals surface area (Å²) in [5.41, 5.74) is 3.63. The van der Waals surface area contributed by atoms with Crippen LogP contribution in [0.4, 0.5) is 4.79 Å². The molecule has 6 nitrogen and oxygen atoms in total. The van der Waals surface area contributed by atoms with Crippen molar-refractivity contribution < 1.29 is 19.2 Å². The molecule has 0 saturated heterocycles. The molecular formula is C19H28N3O3+. The summed E-state index contributed by atoms with van der Waals surface area (Å²) in [5.74, 6) is -0.361. The number of carbonyl (C=O) groups is 2. The van der Waals surface area contributed by atoms with Crippen LogP contribution in [0.5, 0.6) is 0 Å². The maximum Gasteiger partial charge on any atom is 0.338 e. The van der Waals surface area contributed by atoms with Gasteiger partial charge in [-0.05, 0) is 20.3 Å². The predicted octanol–water partition coefficient (Wildman–Crippen LogP) is 0.918. The lowest BCUT2D eigenvalue weighted by Gasteiger charge is -2.29. The Balaban J connectivity index is 2.19. The third-order valence-electron chi connectivity index (χ3n) is 4.25. The molecule has 0 fully saturated rings. The fourth-order valence-electron chi connectivity index (χ4n) is 3.02. The molecule has 3 N–H and O–H groups in total. The van der Waals surface area contributed by atoms with E-state index in [0.29, 0.717) is 30.8 Å². The van der Waals surface area contributed by atoms with Crippen molar-refractivity contribution >= 4 is 12.0 Å². The molecule has 0 bridgehead atoms. The zero-order chi connectivity index (χ0) is 18.4. The van der Waals surface area contributed by atoms with Crippen LogP contribution in [0.25, 0.3) is 0 Å². The second kappa shape index (κ2) is 8.67. The molecule has 0 radical (unpaired) electrons. The number of likely N-dealkylation sites (N-methyl/N-ethyl adjacent to an activating group) is 1. The number of carbonyl (C=O) groups excluding carboxylic acids is 2. The van der Waals surface area contributed by atoms with Gasteiger partial charge in [0.05, 0.1) is 31.0 Å². The van der Waals surface area contributed by atoms with E-state index in [4.69, 9.17) is 4.74 Å². The van der Waals surface area contributed by atoms with Crippen LogP contribution in [0, 0.1) is 6.92 Å². The normalized spacial score (nSPS) is 18.4. The van der Waals surface area contributed by atoms with E-state index in [1.807, 2.05) is 14.0 Å². The van der Waals surface area contributed by atoms with Crippen molar-refractivity contribution in [1.82, 2.24) is 10.6 Å². The quantitative estimate of drug-likeness (QED) is 0.643. The van der Waals surface area contributed by atoms with Gasteiger partial charge >= 0.3 is 12.0 Å². The Hall–Kier alpha value is -2.34. The van der Waals surface area contributed by atoms with Crippen LogP contribution in [0.1, 0.15) is 31.4 Å². The molecule has 1 heterocycles. The highest BCUT2D eigenvalue weighted by atomic mass is 16.5. The highest BCUT2D eigenvalue weighted by molar-refractivity contribution is 5.94. The molecule has 1 aromatic rings. The van der Waals surface area contributed by atoms with Crippen molar-refractivity contribution in [3.05, 3.63) is 46.7 Å². The summed E-state index contributed by atoms with van der Waals surface area (Å²) in [5, 5.41) is 5.60. The van der Waals surface area contributed by atoms with E-state index < -0.39 is 0 Å².